The van der Waals surface area contributed by atoms with Gasteiger partial charge in [-0.1, -0.05) is 39.2 Å². The van der Waals surface area contributed by atoms with Crippen molar-refractivity contribution in [1.82, 2.24) is 4.98 Å². The first-order chi connectivity index (χ1) is 7.79. The van der Waals surface area contributed by atoms with Gasteiger partial charge in [0.1, 0.15) is 5.69 Å². The highest BCUT2D eigenvalue weighted by atomic mass is 16.1. The quantitative estimate of drug-likeness (QED) is 0.515. The maximum atomic E-state index is 11.9. The number of nitrogens with zero attached hydrogens (tertiary/aromatic N) is 1. The summed E-state index contributed by atoms with van der Waals surface area (Å²) >= 11 is 0. The van der Waals surface area contributed by atoms with Gasteiger partial charge in [-0.25, -0.2) is 0 Å². The number of aromatic nitrogens is 1. The lowest BCUT2D eigenvalue weighted by Gasteiger charge is -2.05. The number of hydrogen-bond acceptors (Lipinski definition) is 2. The maximum absolute atomic E-state index is 11.9. The lowest BCUT2D eigenvalue weighted by atomic mass is 10.0. The van der Waals surface area contributed by atoms with Gasteiger partial charge < -0.3 is 0 Å². The van der Waals surface area contributed by atoms with Crippen molar-refractivity contribution < 1.29 is 4.79 Å². The molecule has 88 valence electrons. The van der Waals surface area contributed by atoms with Crippen molar-refractivity contribution in [2.45, 2.75) is 52.4 Å². The van der Waals surface area contributed by atoms with Crippen LogP contribution in [-0.4, -0.2) is 10.8 Å². The smallest absolute Gasteiger partial charge is 0.181 e. The van der Waals surface area contributed by atoms with Crippen molar-refractivity contribution >= 4 is 5.78 Å². The molecule has 0 atom stereocenters. The molecule has 0 saturated heterocycles. The van der Waals surface area contributed by atoms with Gasteiger partial charge in [-0.3, -0.25) is 9.78 Å². The van der Waals surface area contributed by atoms with Gasteiger partial charge in [-0.15, -0.1) is 0 Å². The Morgan fingerprint density at radius 1 is 1.25 bits per heavy atom. The van der Waals surface area contributed by atoms with Gasteiger partial charge in [-0.05, 0) is 24.5 Å². The summed E-state index contributed by atoms with van der Waals surface area (Å²) in [6, 6.07) is 3.89. The molecule has 0 aliphatic heterocycles. The Morgan fingerprint density at radius 2 is 2.06 bits per heavy atom. The predicted octanol–water partition coefficient (Wildman–Crippen LogP) is 3.80. The average molecular weight is 219 g/mol. The van der Waals surface area contributed by atoms with Crippen LogP contribution in [0.15, 0.2) is 18.3 Å². The Hall–Kier alpha value is -1.18. The average Bonchev–Trinajstić information content (AvgIpc) is 2.34. The van der Waals surface area contributed by atoms with Crippen molar-refractivity contribution in [2.24, 2.45) is 0 Å². The first-order valence-electron chi connectivity index (χ1n) is 6.26. The van der Waals surface area contributed by atoms with E-state index in [0.29, 0.717) is 12.1 Å². The van der Waals surface area contributed by atoms with E-state index in [1.54, 1.807) is 6.20 Å². The van der Waals surface area contributed by atoms with Crippen LogP contribution in [0.4, 0.5) is 0 Å². The number of Topliss-reactive ketones (excluding diaryl/α,β-unsaturated/α-hetero) is 1. The summed E-state index contributed by atoms with van der Waals surface area (Å²) < 4.78 is 0. The van der Waals surface area contributed by atoms with E-state index in [1.807, 2.05) is 12.1 Å². The number of hydrogen-bond donors (Lipinski definition) is 0. The minimum Gasteiger partial charge on any atom is -0.292 e. The van der Waals surface area contributed by atoms with Gasteiger partial charge in [0.25, 0.3) is 0 Å². The first-order valence-corrected chi connectivity index (χ1v) is 6.26. The van der Waals surface area contributed by atoms with Crippen molar-refractivity contribution in [2.75, 3.05) is 0 Å². The van der Waals surface area contributed by atoms with Crippen molar-refractivity contribution in [3.8, 4) is 0 Å². The Kier molecular flexibility index (Phi) is 5.76. The lowest BCUT2D eigenvalue weighted by molar-refractivity contribution is 0.0973. The fourth-order valence-corrected chi connectivity index (χ4v) is 1.81. The third kappa shape index (κ3) is 3.76. The molecule has 0 spiro atoms. The molecule has 1 rings (SSSR count). The van der Waals surface area contributed by atoms with Crippen molar-refractivity contribution in [3.05, 3.63) is 29.6 Å². The van der Waals surface area contributed by atoms with E-state index in [9.17, 15) is 4.79 Å². The lowest BCUT2D eigenvalue weighted by Crippen LogP contribution is -2.06. The summed E-state index contributed by atoms with van der Waals surface area (Å²) in [4.78, 5) is 16.1. The molecule has 1 aromatic rings. The first kappa shape index (κ1) is 12.9. The largest absolute Gasteiger partial charge is 0.292 e. The fourth-order valence-electron chi connectivity index (χ4n) is 1.81. The minimum absolute atomic E-state index is 0.202. The number of pyridine rings is 1. The highest BCUT2D eigenvalue weighted by Gasteiger charge is 2.10. The van der Waals surface area contributed by atoms with E-state index in [2.05, 4.69) is 18.8 Å². The minimum atomic E-state index is 0.202. The summed E-state index contributed by atoms with van der Waals surface area (Å²) in [6.45, 7) is 4.24. The Balaban J connectivity index is 2.52. The van der Waals surface area contributed by atoms with Gasteiger partial charge in [0.2, 0.25) is 0 Å². The molecule has 0 aliphatic carbocycles. The molecule has 0 saturated carbocycles. The van der Waals surface area contributed by atoms with Crippen LogP contribution in [0.25, 0.3) is 0 Å². The summed E-state index contributed by atoms with van der Waals surface area (Å²) in [7, 11) is 0. The second kappa shape index (κ2) is 7.15. The number of carbonyl (C=O) groups excluding carboxylic acids is 1. The molecule has 0 unspecified atom stereocenters. The standard InChI is InChI=1S/C14H21NO/c1-3-5-6-7-10-13(16)14-12(4-2)9-8-11-15-14/h8-9,11H,3-7,10H2,1-2H3. The molecule has 0 bridgehead atoms. The maximum Gasteiger partial charge on any atom is 0.181 e. The highest BCUT2D eigenvalue weighted by molar-refractivity contribution is 5.95. The van der Waals surface area contributed by atoms with Gasteiger partial charge in [0.15, 0.2) is 5.78 Å². The SMILES string of the molecule is CCCCCCC(=O)c1ncccc1CC. The van der Waals surface area contributed by atoms with Crippen LogP contribution >= 0.6 is 0 Å². The molecule has 2 nitrogen and oxygen atoms in total. The van der Waals surface area contributed by atoms with Crippen molar-refractivity contribution in [1.29, 1.82) is 0 Å². The zero-order valence-electron chi connectivity index (χ0n) is 10.3. The second-order valence-corrected chi connectivity index (χ2v) is 4.10. The molecule has 0 fully saturated rings. The van der Waals surface area contributed by atoms with E-state index >= 15 is 0 Å². The summed E-state index contributed by atoms with van der Waals surface area (Å²) in [5.41, 5.74) is 1.75. The van der Waals surface area contributed by atoms with Crippen LogP contribution in [0.2, 0.25) is 0 Å². The van der Waals surface area contributed by atoms with Crippen LogP contribution in [-0.2, 0) is 6.42 Å². The predicted molar refractivity (Wildman–Crippen MR) is 66.7 cm³/mol. The summed E-state index contributed by atoms with van der Waals surface area (Å²) in [5.74, 6) is 0.202. The normalized spacial score (nSPS) is 10.4. The molecule has 16 heavy (non-hydrogen) atoms. The highest BCUT2D eigenvalue weighted by Crippen LogP contribution is 2.11. The van der Waals surface area contributed by atoms with Gasteiger partial charge >= 0.3 is 0 Å². The molecular formula is C14H21NO. The zero-order valence-corrected chi connectivity index (χ0v) is 10.3. The number of aryl methyl sites for hydroxylation is 1. The Bertz CT molecular complexity index is 333. The monoisotopic (exact) mass is 219 g/mol. The van der Waals surface area contributed by atoms with Crippen LogP contribution in [0.3, 0.4) is 0 Å². The second-order valence-electron chi connectivity index (χ2n) is 4.10. The van der Waals surface area contributed by atoms with Crippen LogP contribution in [0, 0.1) is 0 Å². The van der Waals surface area contributed by atoms with E-state index in [-0.39, 0.29) is 5.78 Å². The van der Waals surface area contributed by atoms with E-state index in [0.717, 1.165) is 24.8 Å². The van der Waals surface area contributed by atoms with E-state index < -0.39 is 0 Å². The Labute approximate surface area is 98.1 Å². The summed E-state index contributed by atoms with van der Waals surface area (Å²) in [5, 5.41) is 0. The van der Waals surface area contributed by atoms with Crippen LogP contribution in [0.1, 0.15) is 62.0 Å². The van der Waals surface area contributed by atoms with Crippen LogP contribution in [0.5, 0.6) is 0 Å². The van der Waals surface area contributed by atoms with Crippen molar-refractivity contribution in [3.63, 3.8) is 0 Å². The van der Waals surface area contributed by atoms with E-state index in [4.69, 9.17) is 0 Å². The third-order valence-corrected chi connectivity index (χ3v) is 2.79. The zero-order chi connectivity index (χ0) is 11.8. The molecule has 2 heteroatoms. The molecule has 0 aliphatic rings. The number of unbranched alkanes of at least 4 members (excludes halogenated alkanes) is 3. The number of rotatable bonds is 7. The van der Waals surface area contributed by atoms with Gasteiger partial charge in [-0.2, -0.15) is 0 Å². The van der Waals surface area contributed by atoms with Crippen LogP contribution < -0.4 is 0 Å². The molecule has 1 heterocycles. The molecule has 0 radical (unpaired) electrons. The third-order valence-electron chi connectivity index (χ3n) is 2.79. The number of ketones is 1. The molecular weight excluding hydrogens is 198 g/mol. The van der Waals surface area contributed by atoms with E-state index in [1.165, 1.54) is 12.8 Å². The number of carbonyl (C=O) groups is 1. The molecule has 1 aromatic heterocycles. The Morgan fingerprint density at radius 3 is 2.75 bits per heavy atom. The molecule has 0 amide bonds. The fraction of sp³-hybridized carbons (Fsp3) is 0.571. The topological polar surface area (TPSA) is 30.0 Å². The van der Waals surface area contributed by atoms with Gasteiger partial charge in [0, 0.05) is 12.6 Å². The summed E-state index contributed by atoms with van der Waals surface area (Å²) in [6.07, 6.45) is 7.80. The van der Waals surface area contributed by atoms with Gasteiger partial charge in [0.05, 0.1) is 0 Å². The molecule has 0 N–H and O–H groups in total. The molecule has 0 aromatic carbocycles.